The van der Waals surface area contributed by atoms with Gasteiger partial charge in [0.05, 0.1) is 6.61 Å². The summed E-state index contributed by atoms with van der Waals surface area (Å²) in [5, 5.41) is 0. The van der Waals surface area contributed by atoms with Gasteiger partial charge in [0.15, 0.2) is 0 Å². The van der Waals surface area contributed by atoms with Crippen LogP contribution in [0.25, 0.3) is 5.53 Å². The highest BCUT2D eigenvalue weighted by atomic mass is 16.5. The molecule has 0 spiro atoms. The van der Waals surface area contributed by atoms with E-state index in [9.17, 15) is 4.79 Å². The van der Waals surface area contributed by atoms with Crippen LogP contribution in [-0.4, -0.2) is 23.6 Å². The fourth-order valence-corrected chi connectivity index (χ4v) is 0.402. The number of carbonyl (C=O) groups excluding carboxylic acids is 1. The predicted octanol–water partition coefficient (Wildman–Crippen LogP) is 0.630. The van der Waals surface area contributed by atoms with Crippen molar-refractivity contribution in [2.75, 3.05) is 6.61 Å². The monoisotopic (exact) mass is 142 g/mol. The minimum atomic E-state index is -0.601. The molecule has 0 heterocycles. The standard InChI is InChI=1S/C6H10N2O2/c1-2-3-4-10-6(9)5-8-7/h5H,2-4H2,1H3. The summed E-state index contributed by atoms with van der Waals surface area (Å²) >= 11 is 0. The average Bonchev–Trinajstić information content (AvgIpc) is 1.89. The Morgan fingerprint density at radius 3 is 3.00 bits per heavy atom. The molecule has 0 amide bonds. The van der Waals surface area contributed by atoms with Crippen LogP contribution in [0.1, 0.15) is 19.8 Å². The minimum absolute atomic E-state index is 0.390. The van der Waals surface area contributed by atoms with E-state index < -0.39 is 5.97 Å². The number of unbranched alkanes of at least 4 members (excludes halogenated alkanes) is 1. The zero-order valence-corrected chi connectivity index (χ0v) is 5.91. The third-order valence-corrected chi connectivity index (χ3v) is 0.905. The Morgan fingerprint density at radius 1 is 1.80 bits per heavy atom. The fourth-order valence-electron chi connectivity index (χ4n) is 0.402. The second-order valence-electron chi connectivity index (χ2n) is 1.77. The molecule has 10 heavy (non-hydrogen) atoms. The first kappa shape index (κ1) is 8.85. The fraction of sp³-hybridized carbons (Fsp3) is 0.667. The summed E-state index contributed by atoms with van der Waals surface area (Å²) < 4.78 is 4.57. The highest BCUT2D eigenvalue weighted by Gasteiger charge is 2.00. The molecule has 0 aromatic carbocycles. The van der Waals surface area contributed by atoms with E-state index in [1.165, 1.54) is 0 Å². The SMILES string of the molecule is CCCCOC(=O)C=[N+]=[N-]. The quantitative estimate of drug-likeness (QED) is 0.190. The Labute approximate surface area is 59.4 Å². The van der Waals surface area contributed by atoms with Crippen LogP contribution in [0.4, 0.5) is 0 Å². The third kappa shape index (κ3) is 5.00. The Bertz CT molecular complexity index is 150. The van der Waals surface area contributed by atoms with Crippen molar-refractivity contribution in [2.45, 2.75) is 19.8 Å². The minimum Gasteiger partial charge on any atom is -0.457 e. The van der Waals surface area contributed by atoms with Crippen LogP contribution in [0.15, 0.2) is 0 Å². The topological polar surface area (TPSA) is 62.7 Å². The molecule has 0 aliphatic rings. The Morgan fingerprint density at radius 2 is 2.50 bits per heavy atom. The summed E-state index contributed by atoms with van der Waals surface area (Å²) in [7, 11) is 0. The molecule has 0 fully saturated rings. The second kappa shape index (κ2) is 5.98. The van der Waals surface area contributed by atoms with Gasteiger partial charge in [-0.2, -0.15) is 4.79 Å². The van der Waals surface area contributed by atoms with Crippen LogP contribution in [0.3, 0.4) is 0 Å². The van der Waals surface area contributed by atoms with E-state index in [1.54, 1.807) is 0 Å². The maximum atomic E-state index is 10.4. The van der Waals surface area contributed by atoms with Gasteiger partial charge in [0.25, 0.3) is 0 Å². The Balaban J connectivity index is 3.31. The zero-order chi connectivity index (χ0) is 7.82. The molecule has 0 rings (SSSR count). The van der Waals surface area contributed by atoms with Gasteiger partial charge >= 0.3 is 12.2 Å². The molecular formula is C6H10N2O2. The van der Waals surface area contributed by atoms with E-state index in [0.29, 0.717) is 6.61 Å². The largest absolute Gasteiger partial charge is 0.457 e. The van der Waals surface area contributed by atoms with Gasteiger partial charge in [-0.05, 0) is 6.42 Å². The van der Waals surface area contributed by atoms with Crippen LogP contribution in [-0.2, 0) is 9.53 Å². The second-order valence-corrected chi connectivity index (χ2v) is 1.77. The summed E-state index contributed by atoms with van der Waals surface area (Å²) in [6, 6.07) is 0. The number of rotatable bonds is 4. The number of carbonyl (C=O) groups is 1. The van der Waals surface area contributed by atoms with Crippen molar-refractivity contribution in [2.24, 2.45) is 0 Å². The normalized spacial score (nSPS) is 8.10. The summed E-state index contributed by atoms with van der Waals surface area (Å²) in [5.74, 6) is -0.601. The maximum absolute atomic E-state index is 10.4. The van der Waals surface area contributed by atoms with Crippen molar-refractivity contribution >= 4 is 12.2 Å². The molecule has 4 nitrogen and oxygen atoms in total. The van der Waals surface area contributed by atoms with E-state index in [1.807, 2.05) is 6.92 Å². The van der Waals surface area contributed by atoms with Gasteiger partial charge in [0.1, 0.15) is 0 Å². The molecule has 0 aromatic heterocycles. The molecule has 0 aromatic rings. The lowest BCUT2D eigenvalue weighted by Crippen LogP contribution is -2.06. The smallest absolute Gasteiger partial charge is 0.413 e. The van der Waals surface area contributed by atoms with E-state index in [4.69, 9.17) is 5.53 Å². The molecule has 4 heteroatoms. The summed E-state index contributed by atoms with van der Waals surface area (Å²) in [4.78, 5) is 12.9. The maximum Gasteiger partial charge on any atom is 0.413 e. The van der Waals surface area contributed by atoms with Crippen molar-refractivity contribution in [3.8, 4) is 0 Å². The van der Waals surface area contributed by atoms with Crippen LogP contribution < -0.4 is 0 Å². The van der Waals surface area contributed by atoms with Gasteiger partial charge in [-0.3, -0.25) is 0 Å². The number of esters is 1. The van der Waals surface area contributed by atoms with Gasteiger partial charge in [-0.25, -0.2) is 4.79 Å². The van der Waals surface area contributed by atoms with Gasteiger partial charge in [0.2, 0.25) is 0 Å². The summed E-state index contributed by atoms with van der Waals surface area (Å²) in [6.45, 7) is 2.38. The Hall–Kier alpha value is -1.15. The number of hydrogen-bond donors (Lipinski definition) is 0. The lowest BCUT2D eigenvalue weighted by atomic mass is 10.4. The molecule has 56 valence electrons. The van der Waals surface area contributed by atoms with Crippen molar-refractivity contribution < 1.29 is 14.3 Å². The molecule has 0 unspecified atom stereocenters. The molecule has 0 bridgehead atoms. The van der Waals surface area contributed by atoms with Gasteiger partial charge < -0.3 is 10.3 Å². The first-order valence-corrected chi connectivity index (χ1v) is 3.15. The van der Waals surface area contributed by atoms with Crippen LogP contribution in [0, 0.1) is 0 Å². The molecule has 0 radical (unpaired) electrons. The zero-order valence-electron chi connectivity index (χ0n) is 5.91. The van der Waals surface area contributed by atoms with Crippen molar-refractivity contribution in [3.63, 3.8) is 0 Å². The van der Waals surface area contributed by atoms with Crippen molar-refractivity contribution in [1.82, 2.24) is 0 Å². The first-order chi connectivity index (χ1) is 4.81. The molecule has 0 saturated heterocycles. The van der Waals surface area contributed by atoms with Gasteiger partial charge in [0, 0.05) is 0 Å². The van der Waals surface area contributed by atoms with E-state index in [-0.39, 0.29) is 0 Å². The van der Waals surface area contributed by atoms with Crippen molar-refractivity contribution in [1.29, 1.82) is 0 Å². The molecule has 0 saturated carbocycles. The first-order valence-electron chi connectivity index (χ1n) is 3.15. The average molecular weight is 142 g/mol. The molecular weight excluding hydrogens is 132 g/mol. The lowest BCUT2D eigenvalue weighted by Gasteiger charge is -1.94. The highest BCUT2D eigenvalue weighted by molar-refractivity contribution is 6.20. The molecule has 0 aliphatic heterocycles. The highest BCUT2D eigenvalue weighted by Crippen LogP contribution is 1.86. The summed E-state index contributed by atoms with van der Waals surface area (Å²) in [5.41, 5.74) is 7.86. The van der Waals surface area contributed by atoms with Crippen LogP contribution in [0.2, 0.25) is 0 Å². The van der Waals surface area contributed by atoms with Crippen LogP contribution >= 0.6 is 0 Å². The van der Waals surface area contributed by atoms with Gasteiger partial charge in [-0.15, -0.1) is 0 Å². The van der Waals surface area contributed by atoms with Gasteiger partial charge in [-0.1, -0.05) is 13.3 Å². The van der Waals surface area contributed by atoms with Crippen LogP contribution in [0.5, 0.6) is 0 Å². The summed E-state index contributed by atoms with van der Waals surface area (Å²) in [6.07, 6.45) is 2.55. The molecule has 0 aliphatic carbocycles. The van der Waals surface area contributed by atoms with E-state index in [2.05, 4.69) is 9.53 Å². The number of nitrogens with zero attached hydrogens (tertiary/aromatic N) is 2. The predicted molar refractivity (Wildman–Crippen MR) is 35.6 cm³/mol. The number of hydrogen-bond acceptors (Lipinski definition) is 2. The van der Waals surface area contributed by atoms with E-state index in [0.717, 1.165) is 19.1 Å². The Kier molecular flexibility index (Phi) is 5.29. The van der Waals surface area contributed by atoms with Crippen molar-refractivity contribution in [3.05, 3.63) is 5.53 Å². The number of ether oxygens (including phenoxy) is 1. The van der Waals surface area contributed by atoms with E-state index >= 15 is 0 Å². The molecule has 0 atom stereocenters. The third-order valence-electron chi connectivity index (χ3n) is 0.905. The lowest BCUT2D eigenvalue weighted by molar-refractivity contribution is -0.139. The molecule has 0 N–H and O–H groups in total.